The predicted molar refractivity (Wildman–Crippen MR) is 71.8 cm³/mol. The summed E-state index contributed by atoms with van der Waals surface area (Å²) in [5.41, 5.74) is -0.340. The molecule has 0 bridgehead atoms. The third kappa shape index (κ3) is 4.46. The fourth-order valence-corrected chi connectivity index (χ4v) is 2.03. The molecule has 6 heteroatoms. The van der Waals surface area contributed by atoms with Gasteiger partial charge in [0.25, 0.3) is 5.91 Å². The van der Waals surface area contributed by atoms with E-state index in [-0.39, 0.29) is 23.8 Å². The van der Waals surface area contributed by atoms with Crippen molar-refractivity contribution >= 4 is 28.2 Å². The van der Waals surface area contributed by atoms with E-state index >= 15 is 0 Å². The van der Waals surface area contributed by atoms with E-state index in [1.807, 2.05) is 13.8 Å². The van der Waals surface area contributed by atoms with Gasteiger partial charge in [-0.2, -0.15) is 0 Å². The molecular weight excluding hydrogens is 252 g/mol. The van der Waals surface area contributed by atoms with Crippen LogP contribution in [0.2, 0.25) is 0 Å². The summed E-state index contributed by atoms with van der Waals surface area (Å²) < 4.78 is 0. The molecule has 2 amide bonds. The molecule has 0 aliphatic carbocycles. The first-order chi connectivity index (χ1) is 8.34. The minimum atomic E-state index is -0.340. The van der Waals surface area contributed by atoms with Crippen molar-refractivity contribution in [3.63, 3.8) is 0 Å². The summed E-state index contributed by atoms with van der Waals surface area (Å²) in [5.74, 6) is -0.358. The highest BCUT2D eigenvalue weighted by Crippen LogP contribution is 2.22. The molecular formula is C12H18N2O3S. The van der Waals surface area contributed by atoms with Crippen LogP contribution in [0.4, 0.5) is 5.00 Å². The number of thiophene rings is 1. The van der Waals surface area contributed by atoms with E-state index in [0.29, 0.717) is 16.4 Å². The SMILES string of the molecule is CC(=O)Nc1ccc(C(=O)NCC(C)(C)CO)s1. The molecule has 0 saturated heterocycles. The van der Waals surface area contributed by atoms with Crippen LogP contribution in [0.15, 0.2) is 12.1 Å². The van der Waals surface area contributed by atoms with Gasteiger partial charge in [-0.3, -0.25) is 9.59 Å². The Morgan fingerprint density at radius 3 is 2.61 bits per heavy atom. The molecule has 1 aromatic heterocycles. The molecule has 0 aliphatic rings. The normalized spacial score (nSPS) is 11.1. The van der Waals surface area contributed by atoms with E-state index in [1.165, 1.54) is 18.3 Å². The Kier molecular flexibility index (Phi) is 4.86. The lowest BCUT2D eigenvalue weighted by molar-refractivity contribution is -0.114. The Morgan fingerprint density at radius 1 is 1.39 bits per heavy atom. The van der Waals surface area contributed by atoms with E-state index in [0.717, 1.165) is 0 Å². The number of hydrogen-bond acceptors (Lipinski definition) is 4. The number of rotatable bonds is 5. The van der Waals surface area contributed by atoms with E-state index in [4.69, 9.17) is 5.11 Å². The molecule has 0 aliphatic heterocycles. The lowest BCUT2D eigenvalue weighted by Crippen LogP contribution is -2.35. The maximum atomic E-state index is 11.8. The Morgan fingerprint density at radius 2 is 2.06 bits per heavy atom. The van der Waals surface area contributed by atoms with E-state index in [1.54, 1.807) is 12.1 Å². The molecule has 0 aromatic carbocycles. The summed E-state index contributed by atoms with van der Waals surface area (Å²) in [6.07, 6.45) is 0. The summed E-state index contributed by atoms with van der Waals surface area (Å²) >= 11 is 1.22. The van der Waals surface area contributed by atoms with Crippen LogP contribution in [0.25, 0.3) is 0 Å². The topological polar surface area (TPSA) is 78.4 Å². The number of aliphatic hydroxyl groups is 1. The first kappa shape index (κ1) is 14.7. The second-order valence-electron chi connectivity index (χ2n) is 4.85. The Balaban J connectivity index is 2.57. The lowest BCUT2D eigenvalue weighted by atomic mass is 9.95. The van der Waals surface area contributed by atoms with Gasteiger partial charge in [-0.1, -0.05) is 13.8 Å². The van der Waals surface area contributed by atoms with Crippen LogP contribution >= 0.6 is 11.3 Å². The number of amides is 2. The van der Waals surface area contributed by atoms with Crippen LogP contribution in [0.3, 0.4) is 0 Å². The van der Waals surface area contributed by atoms with Gasteiger partial charge in [-0.05, 0) is 12.1 Å². The first-order valence-electron chi connectivity index (χ1n) is 5.60. The number of anilines is 1. The van der Waals surface area contributed by atoms with Gasteiger partial charge in [0.1, 0.15) is 0 Å². The van der Waals surface area contributed by atoms with Crippen molar-refractivity contribution in [2.75, 3.05) is 18.5 Å². The minimum Gasteiger partial charge on any atom is -0.396 e. The molecule has 5 nitrogen and oxygen atoms in total. The summed E-state index contributed by atoms with van der Waals surface area (Å²) in [7, 11) is 0. The van der Waals surface area contributed by atoms with Crippen LogP contribution in [0, 0.1) is 5.41 Å². The Hall–Kier alpha value is -1.40. The summed E-state index contributed by atoms with van der Waals surface area (Å²) in [6, 6.07) is 3.36. The fourth-order valence-electron chi connectivity index (χ4n) is 1.16. The Labute approximate surface area is 110 Å². The van der Waals surface area contributed by atoms with Gasteiger partial charge < -0.3 is 15.7 Å². The summed E-state index contributed by atoms with van der Waals surface area (Å²) in [6.45, 7) is 5.56. The van der Waals surface area contributed by atoms with Crippen LogP contribution in [-0.2, 0) is 4.79 Å². The zero-order valence-electron chi connectivity index (χ0n) is 10.7. The van der Waals surface area contributed by atoms with Crippen molar-refractivity contribution in [1.29, 1.82) is 0 Å². The maximum absolute atomic E-state index is 11.8. The molecule has 3 N–H and O–H groups in total. The first-order valence-corrected chi connectivity index (χ1v) is 6.42. The molecule has 0 fully saturated rings. The van der Waals surface area contributed by atoms with Crippen LogP contribution in [0.5, 0.6) is 0 Å². The quantitative estimate of drug-likeness (QED) is 0.758. The largest absolute Gasteiger partial charge is 0.396 e. The fraction of sp³-hybridized carbons (Fsp3) is 0.500. The van der Waals surface area contributed by atoms with Gasteiger partial charge >= 0.3 is 0 Å². The molecule has 0 unspecified atom stereocenters. The zero-order valence-corrected chi connectivity index (χ0v) is 11.6. The lowest BCUT2D eigenvalue weighted by Gasteiger charge is -2.21. The van der Waals surface area contributed by atoms with Crippen LogP contribution in [-0.4, -0.2) is 30.1 Å². The highest BCUT2D eigenvalue weighted by Gasteiger charge is 2.18. The predicted octanol–water partition coefficient (Wildman–Crippen LogP) is 1.45. The second kappa shape index (κ2) is 5.97. The van der Waals surface area contributed by atoms with Crippen molar-refractivity contribution in [1.82, 2.24) is 5.32 Å². The highest BCUT2D eigenvalue weighted by atomic mass is 32.1. The summed E-state index contributed by atoms with van der Waals surface area (Å²) in [4.78, 5) is 23.2. The van der Waals surface area contributed by atoms with E-state index in [9.17, 15) is 9.59 Å². The van der Waals surface area contributed by atoms with Crippen molar-refractivity contribution < 1.29 is 14.7 Å². The average Bonchev–Trinajstić information content (AvgIpc) is 2.73. The third-order valence-corrected chi connectivity index (χ3v) is 3.28. The van der Waals surface area contributed by atoms with Gasteiger partial charge in [0.2, 0.25) is 5.91 Å². The van der Waals surface area contributed by atoms with Gasteiger partial charge in [-0.25, -0.2) is 0 Å². The van der Waals surface area contributed by atoms with Crippen molar-refractivity contribution in [3.05, 3.63) is 17.0 Å². The maximum Gasteiger partial charge on any atom is 0.261 e. The monoisotopic (exact) mass is 270 g/mol. The second-order valence-corrected chi connectivity index (χ2v) is 5.93. The van der Waals surface area contributed by atoms with E-state index in [2.05, 4.69) is 10.6 Å². The molecule has 0 saturated carbocycles. The molecule has 0 radical (unpaired) electrons. The van der Waals surface area contributed by atoms with Crippen molar-refractivity contribution in [3.8, 4) is 0 Å². The molecule has 18 heavy (non-hydrogen) atoms. The van der Waals surface area contributed by atoms with Gasteiger partial charge in [0.05, 0.1) is 9.88 Å². The number of nitrogens with one attached hydrogen (secondary N) is 2. The van der Waals surface area contributed by atoms with Gasteiger partial charge in [0, 0.05) is 25.5 Å². The minimum absolute atomic E-state index is 0.00879. The number of aliphatic hydroxyl groups excluding tert-OH is 1. The van der Waals surface area contributed by atoms with Gasteiger partial charge in [0.15, 0.2) is 0 Å². The highest BCUT2D eigenvalue weighted by molar-refractivity contribution is 7.18. The summed E-state index contributed by atoms with van der Waals surface area (Å²) in [5, 5.41) is 15.1. The molecule has 1 aromatic rings. The number of carbonyl (C=O) groups is 2. The molecule has 0 spiro atoms. The van der Waals surface area contributed by atoms with Crippen LogP contribution < -0.4 is 10.6 Å². The third-order valence-electron chi connectivity index (χ3n) is 2.28. The molecule has 0 atom stereocenters. The number of hydrogen-bond donors (Lipinski definition) is 3. The molecule has 1 rings (SSSR count). The Bertz CT molecular complexity index is 440. The zero-order chi connectivity index (χ0) is 13.8. The smallest absolute Gasteiger partial charge is 0.261 e. The van der Waals surface area contributed by atoms with Gasteiger partial charge in [-0.15, -0.1) is 11.3 Å². The van der Waals surface area contributed by atoms with Crippen molar-refractivity contribution in [2.45, 2.75) is 20.8 Å². The number of carbonyl (C=O) groups excluding carboxylic acids is 2. The standard InChI is InChI=1S/C12H18N2O3S/c1-8(16)14-10-5-4-9(18-10)11(17)13-6-12(2,3)7-15/h4-5,15H,6-7H2,1-3H3,(H,13,17)(H,14,16). The molecule has 1 heterocycles. The van der Waals surface area contributed by atoms with Crippen LogP contribution in [0.1, 0.15) is 30.4 Å². The average molecular weight is 270 g/mol. The molecule has 100 valence electrons. The van der Waals surface area contributed by atoms with Crippen molar-refractivity contribution in [2.24, 2.45) is 5.41 Å². The van der Waals surface area contributed by atoms with E-state index < -0.39 is 0 Å².